The van der Waals surface area contributed by atoms with Gasteiger partial charge in [0.1, 0.15) is 17.0 Å². The summed E-state index contributed by atoms with van der Waals surface area (Å²) in [6.07, 6.45) is -5.34. The van der Waals surface area contributed by atoms with Gasteiger partial charge < -0.3 is 14.2 Å². The highest BCUT2D eigenvalue weighted by atomic mass is 19.4. The third kappa shape index (κ3) is 7.78. The Morgan fingerprint density at radius 3 is 2.06 bits per heavy atom. The summed E-state index contributed by atoms with van der Waals surface area (Å²) in [6, 6.07) is 11.7. The molecule has 1 atom stereocenters. The van der Waals surface area contributed by atoms with Gasteiger partial charge in [-0.2, -0.15) is 13.2 Å². The summed E-state index contributed by atoms with van der Waals surface area (Å²) in [4.78, 5) is 37.6. The number of ether oxygens (including phenoxy) is 3. The maximum Gasteiger partial charge on any atom is 0.491 e. The van der Waals surface area contributed by atoms with Crippen LogP contribution in [0.15, 0.2) is 48.5 Å². The molecule has 0 saturated heterocycles. The number of hydrogen-bond donors (Lipinski definition) is 0. The first-order chi connectivity index (χ1) is 16.4. The predicted molar refractivity (Wildman–Crippen MR) is 116 cm³/mol. The van der Waals surface area contributed by atoms with Gasteiger partial charge in [0, 0.05) is 13.1 Å². The molecule has 35 heavy (non-hydrogen) atoms. The van der Waals surface area contributed by atoms with Crippen molar-refractivity contribution in [3.8, 4) is 5.75 Å². The minimum atomic E-state index is -5.34. The fourth-order valence-corrected chi connectivity index (χ4v) is 3.36. The Labute approximate surface area is 199 Å². The fraction of sp³-hybridized carbons (Fsp3) is 0.375. The van der Waals surface area contributed by atoms with Crippen LogP contribution in [0.25, 0.3) is 0 Å². The van der Waals surface area contributed by atoms with Gasteiger partial charge in [-0.25, -0.2) is 9.18 Å². The highest BCUT2D eigenvalue weighted by Gasteiger charge is 2.43. The van der Waals surface area contributed by atoms with Crippen LogP contribution < -0.4 is 4.74 Å². The number of carbonyl (C=O) groups is 3. The van der Waals surface area contributed by atoms with E-state index in [1.807, 2.05) is 0 Å². The molecule has 2 rings (SSSR count). The van der Waals surface area contributed by atoms with E-state index >= 15 is 0 Å². The van der Waals surface area contributed by atoms with E-state index in [4.69, 9.17) is 9.47 Å². The molecule has 0 fully saturated rings. The largest absolute Gasteiger partial charge is 0.497 e. The highest BCUT2D eigenvalue weighted by Crippen LogP contribution is 2.28. The molecule has 2 aromatic carbocycles. The monoisotopic (exact) mass is 499 g/mol. The van der Waals surface area contributed by atoms with Gasteiger partial charge in [0.2, 0.25) is 0 Å². The van der Waals surface area contributed by atoms with E-state index in [9.17, 15) is 31.9 Å². The number of benzene rings is 2. The maximum absolute atomic E-state index is 13.5. The van der Waals surface area contributed by atoms with E-state index in [1.54, 1.807) is 31.2 Å². The van der Waals surface area contributed by atoms with Crippen molar-refractivity contribution in [2.75, 3.05) is 26.8 Å². The van der Waals surface area contributed by atoms with Crippen molar-refractivity contribution in [1.82, 2.24) is 4.90 Å². The van der Waals surface area contributed by atoms with Crippen molar-refractivity contribution in [2.45, 2.75) is 32.0 Å². The van der Waals surface area contributed by atoms with Gasteiger partial charge in [-0.15, -0.1) is 0 Å². The van der Waals surface area contributed by atoms with Gasteiger partial charge in [0.05, 0.1) is 20.3 Å². The molecule has 0 amide bonds. The SMILES string of the molecule is CCOC(=O)C(C)(CN(CC(=O)OC(=O)C(F)(F)F)Cc1ccc(OC)cc1)c1ccc(F)cc1. The standard InChI is InChI=1S/C24H25F4NO6/c1-4-34-21(31)23(2,17-7-9-18(25)10-8-17)15-29(13-16-5-11-19(33-3)12-6-16)14-20(30)35-22(32)24(26,27)28/h5-12H,4,13-15H2,1-3H3. The van der Waals surface area contributed by atoms with Crippen LogP contribution in [0.3, 0.4) is 0 Å². The second-order valence-electron chi connectivity index (χ2n) is 7.81. The van der Waals surface area contributed by atoms with Crippen molar-refractivity contribution in [3.63, 3.8) is 0 Å². The number of halogens is 4. The summed E-state index contributed by atoms with van der Waals surface area (Å²) < 4.78 is 65.3. The molecule has 2 aromatic rings. The van der Waals surface area contributed by atoms with E-state index < -0.39 is 41.9 Å². The quantitative estimate of drug-likeness (QED) is 0.280. The van der Waals surface area contributed by atoms with Gasteiger partial charge >= 0.3 is 24.1 Å². The van der Waals surface area contributed by atoms with Crippen LogP contribution >= 0.6 is 0 Å². The molecule has 0 aliphatic rings. The van der Waals surface area contributed by atoms with E-state index in [2.05, 4.69) is 4.74 Å². The molecule has 0 spiro atoms. The molecular formula is C24H25F4NO6. The Kier molecular flexibility index (Phi) is 9.35. The molecule has 0 aromatic heterocycles. The molecule has 0 radical (unpaired) electrons. The fourth-order valence-electron chi connectivity index (χ4n) is 3.36. The lowest BCUT2D eigenvalue weighted by Crippen LogP contribution is -2.47. The van der Waals surface area contributed by atoms with Crippen molar-refractivity contribution in [1.29, 1.82) is 0 Å². The van der Waals surface area contributed by atoms with Crippen LogP contribution in [-0.4, -0.2) is 55.8 Å². The van der Waals surface area contributed by atoms with Crippen LogP contribution in [0.4, 0.5) is 17.6 Å². The van der Waals surface area contributed by atoms with E-state index in [-0.39, 0.29) is 19.7 Å². The summed E-state index contributed by atoms with van der Waals surface area (Å²) >= 11 is 0. The van der Waals surface area contributed by atoms with Gasteiger partial charge in [0.25, 0.3) is 0 Å². The number of hydrogen-bond acceptors (Lipinski definition) is 7. The number of methoxy groups -OCH3 is 1. The van der Waals surface area contributed by atoms with Gasteiger partial charge in [-0.3, -0.25) is 14.5 Å². The molecule has 0 bridgehead atoms. The predicted octanol–water partition coefficient (Wildman–Crippen LogP) is 3.79. The minimum Gasteiger partial charge on any atom is -0.497 e. The topological polar surface area (TPSA) is 82.1 Å². The van der Waals surface area contributed by atoms with Crippen LogP contribution in [0, 0.1) is 5.82 Å². The third-order valence-electron chi connectivity index (χ3n) is 5.10. The first-order valence-corrected chi connectivity index (χ1v) is 10.5. The molecular weight excluding hydrogens is 474 g/mol. The normalized spacial score (nSPS) is 13.1. The Morgan fingerprint density at radius 2 is 1.54 bits per heavy atom. The Balaban J connectivity index is 2.38. The summed E-state index contributed by atoms with van der Waals surface area (Å²) in [5, 5.41) is 0. The number of esters is 3. The van der Waals surface area contributed by atoms with Gasteiger partial charge in [-0.05, 0) is 49.2 Å². The molecule has 0 heterocycles. The van der Waals surface area contributed by atoms with Crippen LogP contribution in [0.2, 0.25) is 0 Å². The zero-order chi connectivity index (χ0) is 26.2. The molecule has 11 heteroatoms. The smallest absolute Gasteiger partial charge is 0.491 e. The molecule has 1 unspecified atom stereocenters. The van der Waals surface area contributed by atoms with Crippen molar-refractivity contribution in [3.05, 3.63) is 65.5 Å². The highest BCUT2D eigenvalue weighted by molar-refractivity contribution is 5.89. The summed E-state index contributed by atoms with van der Waals surface area (Å²) in [5.74, 6) is -4.77. The lowest BCUT2D eigenvalue weighted by atomic mass is 9.81. The van der Waals surface area contributed by atoms with Gasteiger partial charge in [0.15, 0.2) is 0 Å². The summed E-state index contributed by atoms with van der Waals surface area (Å²) in [5.41, 5.74) is -0.451. The number of alkyl halides is 3. The van der Waals surface area contributed by atoms with Crippen molar-refractivity contribution in [2.24, 2.45) is 0 Å². The average molecular weight is 499 g/mol. The van der Waals surface area contributed by atoms with E-state index in [1.165, 1.54) is 31.1 Å². The lowest BCUT2D eigenvalue weighted by molar-refractivity contribution is -0.202. The average Bonchev–Trinajstić information content (AvgIpc) is 2.79. The van der Waals surface area contributed by atoms with E-state index in [0.717, 1.165) is 12.1 Å². The number of carbonyl (C=O) groups excluding carboxylic acids is 3. The molecule has 190 valence electrons. The first-order valence-electron chi connectivity index (χ1n) is 10.5. The molecule has 0 N–H and O–H groups in total. The summed E-state index contributed by atoms with van der Waals surface area (Å²) in [7, 11) is 1.47. The minimum absolute atomic E-state index is 0.00447. The Bertz CT molecular complexity index is 1020. The molecule has 0 aliphatic heterocycles. The number of rotatable bonds is 10. The second-order valence-corrected chi connectivity index (χ2v) is 7.81. The van der Waals surface area contributed by atoms with E-state index in [0.29, 0.717) is 16.9 Å². The maximum atomic E-state index is 13.5. The van der Waals surface area contributed by atoms with Crippen molar-refractivity contribution >= 4 is 17.9 Å². The van der Waals surface area contributed by atoms with Crippen molar-refractivity contribution < 1.29 is 46.2 Å². The third-order valence-corrected chi connectivity index (χ3v) is 5.10. The van der Waals surface area contributed by atoms with Crippen LogP contribution in [-0.2, 0) is 35.8 Å². The molecule has 0 aliphatic carbocycles. The molecule has 7 nitrogen and oxygen atoms in total. The lowest BCUT2D eigenvalue weighted by Gasteiger charge is -2.33. The number of nitrogens with zero attached hydrogens (tertiary/aromatic N) is 1. The van der Waals surface area contributed by atoms with Crippen LogP contribution in [0.5, 0.6) is 5.75 Å². The summed E-state index contributed by atoms with van der Waals surface area (Å²) in [6.45, 7) is 2.16. The Hall–Kier alpha value is -3.47. The zero-order valence-electron chi connectivity index (χ0n) is 19.4. The Morgan fingerprint density at radius 1 is 0.943 bits per heavy atom. The first kappa shape index (κ1) is 27.8. The van der Waals surface area contributed by atoms with Crippen LogP contribution in [0.1, 0.15) is 25.0 Å². The molecule has 0 saturated carbocycles. The zero-order valence-corrected chi connectivity index (χ0v) is 19.4. The van der Waals surface area contributed by atoms with Gasteiger partial charge in [-0.1, -0.05) is 24.3 Å². The second kappa shape index (κ2) is 11.8.